The standard InChI is InChI=1S/C12H20OSi/c1-5-11-6-7-12(10-11)8-9-13-14(2,3)4/h5-7,10H,8-9H2,1-4H3. The Balaban J connectivity index is 2.31. The van der Waals surface area contributed by atoms with E-state index in [9.17, 15) is 0 Å². The van der Waals surface area contributed by atoms with Gasteiger partial charge >= 0.3 is 0 Å². The van der Waals surface area contributed by atoms with Crippen molar-refractivity contribution in [3.63, 3.8) is 0 Å². The SMILES string of the molecule is CC=C1C=CC(CCO[Si](C)(C)C)=C1. The summed E-state index contributed by atoms with van der Waals surface area (Å²) in [6.07, 6.45) is 9.74. The van der Waals surface area contributed by atoms with Crippen LogP contribution >= 0.6 is 0 Å². The van der Waals surface area contributed by atoms with Crippen LogP contribution in [0.4, 0.5) is 0 Å². The molecule has 0 aromatic heterocycles. The molecule has 0 heterocycles. The summed E-state index contributed by atoms with van der Waals surface area (Å²) >= 11 is 0. The molecule has 0 spiro atoms. The number of rotatable bonds is 4. The fourth-order valence-corrected chi connectivity index (χ4v) is 2.04. The van der Waals surface area contributed by atoms with Crippen LogP contribution in [0.3, 0.4) is 0 Å². The van der Waals surface area contributed by atoms with Crippen molar-refractivity contribution < 1.29 is 4.43 Å². The zero-order valence-corrected chi connectivity index (χ0v) is 10.6. The molecule has 0 radical (unpaired) electrons. The van der Waals surface area contributed by atoms with Gasteiger partial charge in [0.2, 0.25) is 0 Å². The molecule has 14 heavy (non-hydrogen) atoms. The van der Waals surface area contributed by atoms with Crippen LogP contribution in [0.25, 0.3) is 0 Å². The molecule has 0 bridgehead atoms. The molecule has 0 N–H and O–H groups in total. The van der Waals surface area contributed by atoms with Gasteiger partial charge < -0.3 is 4.43 Å². The van der Waals surface area contributed by atoms with Gasteiger partial charge in [-0.25, -0.2) is 0 Å². The van der Waals surface area contributed by atoms with E-state index in [4.69, 9.17) is 4.43 Å². The van der Waals surface area contributed by atoms with Crippen LogP contribution in [0, 0.1) is 0 Å². The lowest BCUT2D eigenvalue weighted by Crippen LogP contribution is -2.25. The first-order valence-corrected chi connectivity index (χ1v) is 8.61. The van der Waals surface area contributed by atoms with Crippen LogP contribution in [0.2, 0.25) is 19.6 Å². The molecule has 0 unspecified atom stereocenters. The molecule has 1 aliphatic rings. The lowest BCUT2D eigenvalue weighted by molar-refractivity contribution is 0.316. The minimum atomic E-state index is -1.32. The zero-order chi connectivity index (χ0) is 10.6. The van der Waals surface area contributed by atoms with Gasteiger partial charge in [-0.2, -0.15) is 0 Å². The Morgan fingerprint density at radius 1 is 1.29 bits per heavy atom. The summed E-state index contributed by atoms with van der Waals surface area (Å²) in [5.74, 6) is 0. The summed E-state index contributed by atoms with van der Waals surface area (Å²) in [4.78, 5) is 0. The van der Waals surface area contributed by atoms with E-state index in [1.807, 2.05) is 0 Å². The first kappa shape index (κ1) is 11.5. The summed E-state index contributed by atoms with van der Waals surface area (Å²) in [7, 11) is -1.32. The quantitative estimate of drug-likeness (QED) is 0.641. The molecule has 2 heteroatoms. The highest BCUT2D eigenvalue weighted by Crippen LogP contribution is 2.18. The normalized spacial score (nSPS) is 19.1. The van der Waals surface area contributed by atoms with Gasteiger partial charge in [0.05, 0.1) is 0 Å². The molecule has 0 atom stereocenters. The second-order valence-corrected chi connectivity index (χ2v) is 9.07. The van der Waals surface area contributed by atoms with Gasteiger partial charge in [-0.3, -0.25) is 0 Å². The monoisotopic (exact) mass is 208 g/mol. The lowest BCUT2D eigenvalue weighted by Gasteiger charge is -2.16. The van der Waals surface area contributed by atoms with Crippen molar-refractivity contribution in [3.8, 4) is 0 Å². The van der Waals surface area contributed by atoms with E-state index in [0.29, 0.717) is 0 Å². The van der Waals surface area contributed by atoms with Crippen molar-refractivity contribution in [1.29, 1.82) is 0 Å². The summed E-state index contributed by atoms with van der Waals surface area (Å²) in [6, 6.07) is 0. The Morgan fingerprint density at radius 3 is 2.50 bits per heavy atom. The van der Waals surface area contributed by atoms with Gasteiger partial charge in [0.15, 0.2) is 8.32 Å². The van der Waals surface area contributed by atoms with Crippen LogP contribution in [0.5, 0.6) is 0 Å². The van der Waals surface area contributed by atoms with Crippen LogP contribution < -0.4 is 0 Å². The predicted octanol–water partition coefficient (Wildman–Crippen LogP) is 3.67. The highest BCUT2D eigenvalue weighted by atomic mass is 28.4. The molecule has 78 valence electrons. The molecular formula is C12H20OSi. The predicted molar refractivity (Wildman–Crippen MR) is 64.9 cm³/mol. The second kappa shape index (κ2) is 4.76. The molecule has 0 aliphatic heterocycles. The van der Waals surface area contributed by atoms with Crippen LogP contribution in [-0.4, -0.2) is 14.9 Å². The lowest BCUT2D eigenvalue weighted by atomic mass is 10.2. The average Bonchev–Trinajstić information content (AvgIpc) is 2.50. The zero-order valence-electron chi connectivity index (χ0n) is 9.63. The van der Waals surface area contributed by atoms with Crippen LogP contribution in [-0.2, 0) is 4.43 Å². The van der Waals surface area contributed by atoms with Gasteiger partial charge in [-0.15, -0.1) is 0 Å². The third kappa shape index (κ3) is 4.07. The number of hydrogen-bond donors (Lipinski definition) is 0. The van der Waals surface area contributed by atoms with Crippen molar-refractivity contribution in [2.45, 2.75) is 33.0 Å². The fraction of sp³-hybridized carbons (Fsp3) is 0.500. The van der Waals surface area contributed by atoms with E-state index in [1.165, 1.54) is 11.1 Å². The molecule has 0 aromatic carbocycles. The van der Waals surface area contributed by atoms with Crippen LogP contribution in [0.1, 0.15) is 13.3 Å². The number of allylic oxidation sites excluding steroid dienone is 5. The van der Waals surface area contributed by atoms with Crippen LogP contribution in [0.15, 0.2) is 35.5 Å². The van der Waals surface area contributed by atoms with Gasteiger partial charge in [0, 0.05) is 6.61 Å². The maximum Gasteiger partial charge on any atom is 0.183 e. The first-order valence-electron chi connectivity index (χ1n) is 5.20. The summed E-state index contributed by atoms with van der Waals surface area (Å²) in [5, 5.41) is 0. The van der Waals surface area contributed by atoms with Gasteiger partial charge in [-0.05, 0) is 44.1 Å². The van der Waals surface area contributed by atoms with Gasteiger partial charge in [-0.1, -0.05) is 24.3 Å². The van der Waals surface area contributed by atoms with E-state index in [-0.39, 0.29) is 0 Å². The minimum absolute atomic E-state index is 0.864. The first-order chi connectivity index (χ1) is 6.51. The Bertz CT molecular complexity index is 279. The van der Waals surface area contributed by atoms with E-state index >= 15 is 0 Å². The Labute approximate surface area is 88.3 Å². The topological polar surface area (TPSA) is 9.23 Å². The van der Waals surface area contributed by atoms with Crippen molar-refractivity contribution >= 4 is 8.32 Å². The van der Waals surface area contributed by atoms with Crippen molar-refractivity contribution in [2.24, 2.45) is 0 Å². The fourth-order valence-electron chi connectivity index (χ4n) is 1.32. The summed E-state index contributed by atoms with van der Waals surface area (Å²) in [5.41, 5.74) is 2.70. The Hall–Kier alpha value is -0.603. The molecule has 0 saturated carbocycles. The summed E-state index contributed by atoms with van der Waals surface area (Å²) < 4.78 is 5.80. The molecule has 0 saturated heterocycles. The molecule has 0 amide bonds. The van der Waals surface area contributed by atoms with Crippen molar-refractivity contribution in [2.75, 3.05) is 6.61 Å². The van der Waals surface area contributed by atoms with Gasteiger partial charge in [0.1, 0.15) is 0 Å². The third-order valence-corrected chi connectivity index (χ3v) is 3.17. The Morgan fingerprint density at radius 2 is 2.00 bits per heavy atom. The molecule has 1 aliphatic carbocycles. The van der Waals surface area contributed by atoms with Crippen molar-refractivity contribution in [3.05, 3.63) is 35.5 Å². The maximum absolute atomic E-state index is 5.80. The highest BCUT2D eigenvalue weighted by Gasteiger charge is 2.13. The van der Waals surface area contributed by atoms with E-state index in [1.54, 1.807) is 0 Å². The van der Waals surface area contributed by atoms with E-state index < -0.39 is 8.32 Å². The average molecular weight is 208 g/mol. The Kier molecular flexibility index (Phi) is 3.90. The van der Waals surface area contributed by atoms with Gasteiger partial charge in [0.25, 0.3) is 0 Å². The summed E-state index contributed by atoms with van der Waals surface area (Å²) in [6.45, 7) is 9.61. The molecule has 1 nitrogen and oxygen atoms in total. The molecule has 1 rings (SSSR count). The van der Waals surface area contributed by atoms with Crippen molar-refractivity contribution in [1.82, 2.24) is 0 Å². The second-order valence-electron chi connectivity index (χ2n) is 4.55. The smallest absolute Gasteiger partial charge is 0.183 e. The largest absolute Gasteiger partial charge is 0.417 e. The van der Waals surface area contributed by atoms with E-state index in [2.05, 4.69) is 50.9 Å². The third-order valence-electron chi connectivity index (χ3n) is 2.10. The molecule has 0 fully saturated rings. The van der Waals surface area contributed by atoms with E-state index in [0.717, 1.165) is 13.0 Å². The minimum Gasteiger partial charge on any atom is -0.417 e. The maximum atomic E-state index is 5.80. The molecule has 0 aromatic rings. The highest BCUT2D eigenvalue weighted by molar-refractivity contribution is 6.69. The molecular weight excluding hydrogens is 188 g/mol. The number of hydrogen-bond acceptors (Lipinski definition) is 1.